The molecule has 1 heteroatoms. The molecule has 1 nitrogen and oxygen atoms in total. The molecule has 94 valence electrons. The van der Waals surface area contributed by atoms with E-state index in [2.05, 4.69) is 44.2 Å². The van der Waals surface area contributed by atoms with Gasteiger partial charge in [-0.1, -0.05) is 57.0 Å². The van der Waals surface area contributed by atoms with Crippen LogP contribution in [0.25, 0.3) is 0 Å². The van der Waals surface area contributed by atoms with Gasteiger partial charge in [-0.3, -0.25) is 0 Å². The van der Waals surface area contributed by atoms with Crippen LogP contribution in [0.3, 0.4) is 0 Å². The highest BCUT2D eigenvalue weighted by molar-refractivity contribution is 5.33. The van der Waals surface area contributed by atoms with Gasteiger partial charge in [0.15, 0.2) is 0 Å². The number of rotatable bonds is 6. The first-order valence-corrected chi connectivity index (χ1v) is 7.04. The summed E-state index contributed by atoms with van der Waals surface area (Å²) in [7, 11) is 0. The minimum Gasteiger partial charge on any atom is -0.327 e. The van der Waals surface area contributed by atoms with Crippen LogP contribution in [-0.2, 0) is 5.41 Å². The van der Waals surface area contributed by atoms with E-state index in [-0.39, 0.29) is 0 Å². The van der Waals surface area contributed by atoms with Gasteiger partial charge in [-0.25, -0.2) is 0 Å². The number of benzene rings is 1. The van der Waals surface area contributed by atoms with Crippen molar-refractivity contribution >= 4 is 0 Å². The highest BCUT2D eigenvalue weighted by Gasteiger charge is 2.49. The molecule has 1 aliphatic rings. The summed E-state index contributed by atoms with van der Waals surface area (Å²) in [5, 5.41) is 0. The molecule has 1 aliphatic carbocycles. The maximum absolute atomic E-state index is 6.50. The Morgan fingerprint density at radius 3 is 2.18 bits per heavy atom. The van der Waals surface area contributed by atoms with Gasteiger partial charge in [0.2, 0.25) is 0 Å². The van der Waals surface area contributed by atoms with Crippen molar-refractivity contribution in [3.63, 3.8) is 0 Å². The van der Waals surface area contributed by atoms with Crippen LogP contribution in [-0.4, -0.2) is 6.04 Å². The topological polar surface area (TPSA) is 26.0 Å². The van der Waals surface area contributed by atoms with Crippen molar-refractivity contribution in [2.45, 2.75) is 57.4 Å². The third-order valence-electron chi connectivity index (χ3n) is 4.59. The van der Waals surface area contributed by atoms with Gasteiger partial charge in [0, 0.05) is 11.5 Å². The van der Waals surface area contributed by atoms with Crippen LogP contribution in [0.4, 0.5) is 0 Å². The molecule has 0 spiro atoms. The van der Waals surface area contributed by atoms with Crippen LogP contribution in [0.2, 0.25) is 0 Å². The van der Waals surface area contributed by atoms with Gasteiger partial charge in [0.25, 0.3) is 0 Å². The minimum absolute atomic E-state index is 0.309. The molecule has 1 unspecified atom stereocenters. The van der Waals surface area contributed by atoms with Crippen molar-refractivity contribution < 1.29 is 0 Å². The van der Waals surface area contributed by atoms with Crippen LogP contribution < -0.4 is 5.73 Å². The Kier molecular flexibility index (Phi) is 3.88. The third kappa shape index (κ3) is 2.55. The molecule has 2 rings (SSSR count). The van der Waals surface area contributed by atoms with Gasteiger partial charge in [0.05, 0.1) is 0 Å². The minimum atomic E-state index is 0.309. The second-order valence-electron chi connectivity index (χ2n) is 5.55. The van der Waals surface area contributed by atoms with Crippen molar-refractivity contribution in [2.75, 3.05) is 0 Å². The van der Waals surface area contributed by atoms with Gasteiger partial charge >= 0.3 is 0 Å². The molecule has 0 amide bonds. The molecule has 17 heavy (non-hydrogen) atoms. The maximum Gasteiger partial charge on any atom is 0.0139 e. The zero-order chi connectivity index (χ0) is 12.3. The molecular formula is C16H25N. The molecular weight excluding hydrogens is 206 g/mol. The summed E-state index contributed by atoms with van der Waals surface area (Å²) >= 11 is 0. The van der Waals surface area contributed by atoms with Gasteiger partial charge < -0.3 is 5.73 Å². The number of hydrogen-bond acceptors (Lipinski definition) is 1. The highest BCUT2D eigenvalue weighted by atomic mass is 14.7. The predicted octanol–water partition coefficient (Wildman–Crippen LogP) is 3.87. The summed E-state index contributed by atoms with van der Waals surface area (Å²) in [6.45, 7) is 4.56. The largest absolute Gasteiger partial charge is 0.327 e. The van der Waals surface area contributed by atoms with E-state index in [4.69, 9.17) is 5.73 Å². The van der Waals surface area contributed by atoms with Gasteiger partial charge in [-0.05, 0) is 30.7 Å². The Morgan fingerprint density at radius 1 is 1.12 bits per heavy atom. The first-order chi connectivity index (χ1) is 8.23. The third-order valence-corrected chi connectivity index (χ3v) is 4.59. The standard InChI is InChI=1S/C16H25N/c1-3-13(4-2)12-15(17)16(10-11-16)14-8-6-5-7-9-14/h5-9,13,15H,3-4,10-12,17H2,1-2H3. The molecule has 0 radical (unpaired) electrons. The molecule has 0 aliphatic heterocycles. The summed E-state index contributed by atoms with van der Waals surface area (Å²) < 4.78 is 0. The van der Waals surface area contributed by atoms with E-state index in [9.17, 15) is 0 Å². The van der Waals surface area contributed by atoms with Gasteiger partial charge in [-0.2, -0.15) is 0 Å². The van der Waals surface area contributed by atoms with Crippen LogP contribution >= 0.6 is 0 Å². The van der Waals surface area contributed by atoms with Crippen molar-refractivity contribution in [2.24, 2.45) is 11.7 Å². The SMILES string of the molecule is CCC(CC)CC(N)C1(c2ccccc2)CC1. The number of hydrogen-bond donors (Lipinski definition) is 1. The highest BCUT2D eigenvalue weighted by Crippen LogP contribution is 2.51. The Bertz CT molecular complexity index is 336. The van der Waals surface area contributed by atoms with E-state index in [1.165, 1.54) is 37.7 Å². The summed E-state index contributed by atoms with van der Waals surface area (Å²) in [4.78, 5) is 0. The average Bonchev–Trinajstić information content (AvgIpc) is 3.18. The van der Waals surface area contributed by atoms with Gasteiger partial charge in [0.1, 0.15) is 0 Å². The summed E-state index contributed by atoms with van der Waals surface area (Å²) in [6, 6.07) is 11.2. The van der Waals surface area contributed by atoms with E-state index in [0.717, 1.165) is 5.92 Å². The van der Waals surface area contributed by atoms with E-state index in [0.29, 0.717) is 11.5 Å². The monoisotopic (exact) mass is 231 g/mol. The molecule has 1 saturated carbocycles. The lowest BCUT2D eigenvalue weighted by Crippen LogP contribution is -2.36. The Hall–Kier alpha value is -0.820. The zero-order valence-electron chi connectivity index (χ0n) is 11.2. The predicted molar refractivity (Wildman–Crippen MR) is 74.0 cm³/mol. The number of nitrogens with two attached hydrogens (primary N) is 1. The van der Waals surface area contributed by atoms with Crippen molar-refractivity contribution in [1.29, 1.82) is 0 Å². The molecule has 1 fully saturated rings. The second kappa shape index (κ2) is 5.22. The van der Waals surface area contributed by atoms with E-state index in [1.807, 2.05) is 0 Å². The normalized spacial score (nSPS) is 19.3. The van der Waals surface area contributed by atoms with Crippen molar-refractivity contribution in [3.05, 3.63) is 35.9 Å². The van der Waals surface area contributed by atoms with Crippen LogP contribution in [0.1, 0.15) is 51.5 Å². The summed E-state index contributed by atoms with van der Waals surface area (Å²) in [5.41, 5.74) is 8.26. The van der Waals surface area contributed by atoms with Crippen molar-refractivity contribution in [1.82, 2.24) is 0 Å². The first-order valence-electron chi connectivity index (χ1n) is 7.04. The van der Waals surface area contributed by atoms with Crippen molar-refractivity contribution in [3.8, 4) is 0 Å². The Morgan fingerprint density at radius 2 is 1.71 bits per heavy atom. The average molecular weight is 231 g/mol. The molecule has 1 atom stereocenters. The molecule has 2 N–H and O–H groups in total. The second-order valence-corrected chi connectivity index (χ2v) is 5.55. The fourth-order valence-corrected chi connectivity index (χ4v) is 2.99. The fraction of sp³-hybridized carbons (Fsp3) is 0.625. The van der Waals surface area contributed by atoms with Crippen LogP contribution in [0.5, 0.6) is 0 Å². The lowest BCUT2D eigenvalue weighted by Gasteiger charge is -2.27. The Balaban J connectivity index is 2.06. The zero-order valence-corrected chi connectivity index (χ0v) is 11.2. The molecule has 0 bridgehead atoms. The maximum atomic E-state index is 6.50. The van der Waals surface area contributed by atoms with Crippen LogP contribution in [0, 0.1) is 5.92 Å². The molecule has 0 aromatic heterocycles. The molecule has 1 aromatic rings. The first kappa shape index (κ1) is 12.6. The van der Waals surface area contributed by atoms with E-state index in [1.54, 1.807) is 0 Å². The van der Waals surface area contributed by atoms with Gasteiger partial charge in [-0.15, -0.1) is 0 Å². The smallest absolute Gasteiger partial charge is 0.0139 e. The molecule has 1 aromatic carbocycles. The lowest BCUT2D eigenvalue weighted by atomic mass is 9.82. The fourth-order valence-electron chi connectivity index (χ4n) is 2.99. The Labute approximate surface area is 105 Å². The summed E-state index contributed by atoms with van der Waals surface area (Å²) in [5.74, 6) is 0.797. The molecule has 0 saturated heterocycles. The van der Waals surface area contributed by atoms with E-state index >= 15 is 0 Å². The molecule has 0 heterocycles. The van der Waals surface area contributed by atoms with Crippen LogP contribution in [0.15, 0.2) is 30.3 Å². The summed E-state index contributed by atoms with van der Waals surface area (Å²) in [6.07, 6.45) is 6.25. The lowest BCUT2D eigenvalue weighted by molar-refractivity contribution is 0.365. The quantitative estimate of drug-likeness (QED) is 0.790. The van der Waals surface area contributed by atoms with E-state index < -0.39 is 0 Å².